The Morgan fingerprint density at radius 1 is 1.53 bits per heavy atom. The van der Waals surface area contributed by atoms with Gasteiger partial charge in [-0.05, 0) is 18.6 Å². The molecule has 0 aliphatic carbocycles. The van der Waals surface area contributed by atoms with E-state index in [1.54, 1.807) is 18.5 Å². The lowest BCUT2D eigenvalue weighted by atomic mass is 10.2. The van der Waals surface area contributed by atoms with Crippen LogP contribution in [0.5, 0.6) is 0 Å². The number of aryl methyl sites for hydroxylation is 1. The van der Waals surface area contributed by atoms with Crippen LogP contribution >= 0.6 is 11.6 Å². The number of benzene rings is 1. The molecule has 2 rings (SSSR count). The first-order valence-electron chi connectivity index (χ1n) is 4.80. The van der Waals surface area contributed by atoms with Crippen molar-refractivity contribution < 1.29 is 0 Å². The van der Waals surface area contributed by atoms with Crippen LogP contribution in [-0.4, -0.2) is 9.55 Å². The summed E-state index contributed by atoms with van der Waals surface area (Å²) < 4.78 is 2.04. The summed E-state index contributed by atoms with van der Waals surface area (Å²) in [7, 11) is 0. The fourth-order valence-electron chi connectivity index (χ4n) is 1.58. The lowest BCUT2D eigenvalue weighted by molar-refractivity contribution is 0.697. The third-order valence-electron chi connectivity index (χ3n) is 2.29. The Hall–Kier alpha value is -1.53. The molecule has 2 aromatic rings. The molecule has 4 heteroatoms. The van der Waals surface area contributed by atoms with Crippen molar-refractivity contribution in [1.29, 1.82) is 5.26 Å². The summed E-state index contributed by atoms with van der Waals surface area (Å²) in [5.74, 6) is 0. The minimum Gasteiger partial charge on any atom is -0.331 e. The van der Waals surface area contributed by atoms with Gasteiger partial charge in [-0.15, -0.1) is 0 Å². The van der Waals surface area contributed by atoms with Gasteiger partial charge in [0.2, 0.25) is 0 Å². The third-order valence-corrected chi connectivity index (χ3v) is 2.61. The summed E-state index contributed by atoms with van der Waals surface area (Å²) in [4.78, 5) is 4.24. The molecule has 0 amide bonds. The molecule has 0 aliphatic rings. The molecular weight excluding hydrogens is 210 g/mol. The van der Waals surface area contributed by atoms with E-state index in [0.29, 0.717) is 10.6 Å². The molecule has 0 aliphatic heterocycles. The maximum Gasteiger partial charge on any atom is 0.101 e. The Labute approximate surface area is 92.9 Å². The quantitative estimate of drug-likeness (QED) is 0.779. The molecule has 76 valence electrons. The summed E-state index contributed by atoms with van der Waals surface area (Å²) in [5, 5.41) is 9.31. The summed E-state index contributed by atoms with van der Waals surface area (Å²) >= 11 is 5.97. The van der Waals surface area contributed by atoms with E-state index < -0.39 is 0 Å². The van der Waals surface area contributed by atoms with Crippen LogP contribution in [0.25, 0.3) is 11.0 Å². The molecule has 15 heavy (non-hydrogen) atoms. The summed E-state index contributed by atoms with van der Waals surface area (Å²) in [5.41, 5.74) is 2.29. The highest BCUT2D eigenvalue weighted by Gasteiger charge is 2.06. The minimum atomic E-state index is 0.478. The van der Waals surface area contributed by atoms with Crippen LogP contribution in [0.2, 0.25) is 5.02 Å². The number of aromatic nitrogens is 2. The van der Waals surface area contributed by atoms with Gasteiger partial charge in [0, 0.05) is 6.54 Å². The van der Waals surface area contributed by atoms with Gasteiger partial charge in [0.05, 0.1) is 27.9 Å². The average molecular weight is 220 g/mol. The predicted molar refractivity (Wildman–Crippen MR) is 59.7 cm³/mol. The van der Waals surface area contributed by atoms with Gasteiger partial charge in [-0.2, -0.15) is 5.26 Å². The highest BCUT2D eigenvalue weighted by molar-refractivity contribution is 6.32. The molecule has 1 heterocycles. The van der Waals surface area contributed by atoms with Crippen molar-refractivity contribution in [2.24, 2.45) is 0 Å². The zero-order chi connectivity index (χ0) is 10.8. The van der Waals surface area contributed by atoms with Gasteiger partial charge in [-0.25, -0.2) is 4.98 Å². The second kappa shape index (κ2) is 3.92. The lowest BCUT2D eigenvalue weighted by Gasteiger charge is -2.01. The number of halogens is 1. The molecule has 0 bridgehead atoms. The first-order valence-corrected chi connectivity index (χ1v) is 5.18. The molecule has 1 aromatic heterocycles. The van der Waals surface area contributed by atoms with Crippen LogP contribution in [0.1, 0.15) is 18.9 Å². The number of hydrogen-bond donors (Lipinski definition) is 0. The van der Waals surface area contributed by atoms with E-state index in [1.807, 2.05) is 10.6 Å². The van der Waals surface area contributed by atoms with E-state index in [-0.39, 0.29) is 0 Å². The molecule has 0 N–H and O–H groups in total. The van der Waals surface area contributed by atoms with Gasteiger partial charge in [0.25, 0.3) is 0 Å². The van der Waals surface area contributed by atoms with Crippen LogP contribution in [0.3, 0.4) is 0 Å². The van der Waals surface area contributed by atoms with Crippen LogP contribution in [0, 0.1) is 11.3 Å². The van der Waals surface area contributed by atoms with E-state index in [4.69, 9.17) is 16.9 Å². The predicted octanol–water partition coefficient (Wildman–Crippen LogP) is 2.97. The number of nitrogens with zero attached hydrogens (tertiary/aromatic N) is 3. The first kappa shape index (κ1) is 10.0. The molecule has 1 aromatic carbocycles. The Balaban J connectivity index is 2.63. The summed E-state index contributed by atoms with van der Waals surface area (Å²) in [6.45, 7) is 3.02. The maximum absolute atomic E-state index is 8.82. The average Bonchev–Trinajstić information content (AvgIpc) is 2.61. The highest BCUT2D eigenvalue weighted by Crippen LogP contribution is 2.22. The molecular formula is C11H10ClN3. The molecule has 0 unspecified atom stereocenters. The highest BCUT2D eigenvalue weighted by atomic mass is 35.5. The Morgan fingerprint density at radius 2 is 2.33 bits per heavy atom. The Bertz CT molecular complexity index is 536. The second-order valence-corrected chi connectivity index (χ2v) is 3.78. The van der Waals surface area contributed by atoms with Gasteiger partial charge in [0.1, 0.15) is 6.07 Å². The van der Waals surface area contributed by atoms with E-state index in [1.165, 1.54) is 0 Å². The largest absolute Gasteiger partial charge is 0.331 e. The van der Waals surface area contributed by atoms with Gasteiger partial charge in [0.15, 0.2) is 0 Å². The molecule has 0 fully saturated rings. The van der Waals surface area contributed by atoms with E-state index in [0.717, 1.165) is 24.0 Å². The smallest absolute Gasteiger partial charge is 0.101 e. The van der Waals surface area contributed by atoms with E-state index in [9.17, 15) is 0 Å². The Morgan fingerprint density at radius 3 is 3.00 bits per heavy atom. The topological polar surface area (TPSA) is 41.6 Å². The summed E-state index contributed by atoms with van der Waals surface area (Å²) in [6, 6.07) is 5.58. The zero-order valence-corrected chi connectivity index (χ0v) is 9.12. The van der Waals surface area contributed by atoms with Crippen molar-refractivity contribution in [3.05, 3.63) is 29.0 Å². The van der Waals surface area contributed by atoms with Crippen molar-refractivity contribution in [3.63, 3.8) is 0 Å². The Kier molecular flexibility index (Phi) is 2.61. The van der Waals surface area contributed by atoms with Gasteiger partial charge in [-0.3, -0.25) is 0 Å². The molecule has 0 spiro atoms. The van der Waals surface area contributed by atoms with Crippen molar-refractivity contribution in [2.45, 2.75) is 19.9 Å². The van der Waals surface area contributed by atoms with Crippen molar-refractivity contribution >= 4 is 22.6 Å². The number of fused-ring (bicyclic) bond motifs is 1. The van der Waals surface area contributed by atoms with Crippen LogP contribution in [-0.2, 0) is 6.54 Å². The molecule has 0 atom stereocenters. The zero-order valence-electron chi connectivity index (χ0n) is 8.37. The van der Waals surface area contributed by atoms with Crippen LogP contribution in [0.4, 0.5) is 0 Å². The molecule has 0 saturated heterocycles. The van der Waals surface area contributed by atoms with Crippen LogP contribution in [0.15, 0.2) is 18.5 Å². The monoisotopic (exact) mass is 219 g/mol. The number of nitriles is 1. The molecule has 0 saturated carbocycles. The van der Waals surface area contributed by atoms with Gasteiger partial charge >= 0.3 is 0 Å². The van der Waals surface area contributed by atoms with E-state index >= 15 is 0 Å². The maximum atomic E-state index is 8.82. The van der Waals surface area contributed by atoms with Crippen molar-refractivity contribution in [3.8, 4) is 6.07 Å². The molecule has 3 nitrogen and oxygen atoms in total. The van der Waals surface area contributed by atoms with Crippen molar-refractivity contribution in [2.75, 3.05) is 0 Å². The minimum absolute atomic E-state index is 0.478. The fraction of sp³-hybridized carbons (Fsp3) is 0.273. The SMILES string of the molecule is CCCn1cnc2cc(C#N)c(Cl)cc21. The molecule has 0 radical (unpaired) electrons. The summed E-state index contributed by atoms with van der Waals surface area (Å²) in [6.07, 6.45) is 2.83. The number of imidazole rings is 1. The van der Waals surface area contributed by atoms with Gasteiger partial charge < -0.3 is 4.57 Å². The second-order valence-electron chi connectivity index (χ2n) is 3.37. The fourth-order valence-corrected chi connectivity index (χ4v) is 1.78. The van der Waals surface area contributed by atoms with Crippen molar-refractivity contribution in [1.82, 2.24) is 9.55 Å². The third kappa shape index (κ3) is 1.69. The normalized spacial score (nSPS) is 10.5. The number of hydrogen-bond acceptors (Lipinski definition) is 2. The standard InChI is InChI=1S/C11H10ClN3/c1-2-3-15-7-14-10-4-8(6-13)9(12)5-11(10)15/h4-5,7H,2-3H2,1H3. The van der Waals surface area contributed by atoms with Crippen LogP contribution < -0.4 is 0 Å². The first-order chi connectivity index (χ1) is 7.26. The lowest BCUT2D eigenvalue weighted by Crippen LogP contribution is -1.93. The number of rotatable bonds is 2. The van der Waals surface area contributed by atoms with Gasteiger partial charge in [-0.1, -0.05) is 18.5 Å². The van der Waals surface area contributed by atoms with E-state index in [2.05, 4.69) is 11.9 Å².